The first-order valence-electron chi connectivity index (χ1n) is 8.85. The van der Waals surface area contributed by atoms with Gasteiger partial charge in [0.15, 0.2) is 0 Å². The van der Waals surface area contributed by atoms with Crippen molar-refractivity contribution in [3.05, 3.63) is 75.2 Å². The molecule has 0 aliphatic rings. The Balaban J connectivity index is 1.98. The highest BCUT2D eigenvalue weighted by Gasteiger charge is 2.15. The van der Waals surface area contributed by atoms with Crippen LogP contribution in [0.5, 0.6) is 0 Å². The Morgan fingerprint density at radius 3 is 2.52 bits per heavy atom. The minimum absolute atomic E-state index is 0.00419. The second-order valence-electron chi connectivity index (χ2n) is 7.99. The summed E-state index contributed by atoms with van der Waals surface area (Å²) in [4.78, 5) is 25.5. The Kier molecular flexibility index (Phi) is 5.11. The van der Waals surface area contributed by atoms with Crippen molar-refractivity contribution in [2.75, 3.05) is 5.32 Å². The molecule has 27 heavy (non-hydrogen) atoms. The van der Waals surface area contributed by atoms with Crippen LogP contribution in [0.15, 0.2) is 53.5 Å². The third kappa shape index (κ3) is 4.22. The molecule has 5 heteroatoms. The monoisotopic (exact) mass is 382 g/mol. The van der Waals surface area contributed by atoms with Gasteiger partial charge < -0.3 is 9.88 Å². The molecule has 140 valence electrons. The number of carbonyl (C=O) groups excluding carboxylic acids is 1. The Morgan fingerprint density at radius 2 is 1.85 bits per heavy atom. The molecule has 0 radical (unpaired) electrons. The van der Waals surface area contributed by atoms with Crippen molar-refractivity contribution in [1.29, 1.82) is 0 Å². The highest BCUT2D eigenvalue weighted by molar-refractivity contribution is 6.31. The van der Waals surface area contributed by atoms with Crippen LogP contribution >= 0.6 is 11.6 Å². The fraction of sp³-hybridized carbons (Fsp3) is 0.273. The molecule has 0 spiro atoms. The van der Waals surface area contributed by atoms with Crippen LogP contribution in [-0.4, -0.2) is 10.5 Å². The van der Waals surface area contributed by atoms with E-state index in [4.69, 9.17) is 11.6 Å². The third-order valence-corrected chi connectivity index (χ3v) is 4.76. The molecule has 1 amide bonds. The van der Waals surface area contributed by atoms with Gasteiger partial charge in [-0.1, -0.05) is 38.4 Å². The number of aromatic nitrogens is 1. The highest BCUT2D eigenvalue weighted by Crippen LogP contribution is 2.23. The van der Waals surface area contributed by atoms with Gasteiger partial charge in [-0.3, -0.25) is 9.59 Å². The summed E-state index contributed by atoms with van der Waals surface area (Å²) < 4.78 is 1.72. The molecule has 0 aliphatic carbocycles. The third-order valence-electron chi connectivity index (χ3n) is 4.33. The van der Waals surface area contributed by atoms with Crippen molar-refractivity contribution in [2.24, 2.45) is 5.41 Å². The molecule has 1 aromatic heterocycles. The maximum Gasteiger partial charge on any atom is 0.258 e. The quantitative estimate of drug-likeness (QED) is 0.671. The molecule has 3 aromatic rings. The molecule has 0 saturated heterocycles. The number of nitrogens with one attached hydrogen (secondary N) is 1. The number of anilines is 1. The topological polar surface area (TPSA) is 51.1 Å². The molecule has 4 nitrogen and oxygen atoms in total. The lowest BCUT2D eigenvalue weighted by molar-refractivity contribution is 0.102. The maximum absolute atomic E-state index is 12.8. The van der Waals surface area contributed by atoms with Crippen molar-refractivity contribution in [1.82, 2.24) is 4.57 Å². The Hall–Kier alpha value is -2.59. The van der Waals surface area contributed by atoms with E-state index in [1.54, 1.807) is 47.2 Å². The summed E-state index contributed by atoms with van der Waals surface area (Å²) in [5.74, 6) is -0.235. The minimum atomic E-state index is -0.235. The summed E-state index contributed by atoms with van der Waals surface area (Å²) in [5, 5.41) is 4.85. The average Bonchev–Trinajstić information content (AvgIpc) is 2.59. The number of pyridine rings is 1. The number of benzene rings is 2. The van der Waals surface area contributed by atoms with Crippen LogP contribution in [0.4, 0.5) is 5.69 Å². The lowest BCUT2D eigenvalue weighted by Crippen LogP contribution is -2.26. The van der Waals surface area contributed by atoms with Gasteiger partial charge in [-0.25, -0.2) is 0 Å². The summed E-state index contributed by atoms with van der Waals surface area (Å²) >= 11 is 6.03. The SMILES string of the molecule is Cc1cc(C(=O)Nc2cccc3c(=O)n(CC(C)(C)C)ccc23)ccc1Cl. The van der Waals surface area contributed by atoms with Gasteiger partial charge >= 0.3 is 0 Å². The van der Waals surface area contributed by atoms with Crippen molar-refractivity contribution < 1.29 is 4.79 Å². The standard InChI is InChI=1S/C22H23ClN2O2/c1-14-12-15(8-9-18(14)23)20(26)24-19-7-5-6-17-16(19)10-11-25(21(17)27)13-22(2,3)4/h5-12H,13H2,1-4H3,(H,24,26). The number of hydrogen-bond acceptors (Lipinski definition) is 2. The normalized spacial score (nSPS) is 11.6. The fourth-order valence-electron chi connectivity index (χ4n) is 3.04. The minimum Gasteiger partial charge on any atom is -0.321 e. The van der Waals surface area contributed by atoms with E-state index in [0.29, 0.717) is 28.2 Å². The van der Waals surface area contributed by atoms with E-state index in [1.165, 1.54) is 0 Å². The van der Waals surface area contributed by atoms with E-state index in [9.17, 15) is 9.59 Å². The van der Waals surface area contributed by atoms with Crippen molar-refractivity contribution >= 4 is 34.0 Å². The number of nitrogens with zero attached hydrogens (tertiary/aromatic N) is 1. The predicted octanol–water partition coefficient (Wildman–Crippen LogP) is 5.26. The fourth-order valence-corrected chi connectivity index (χ4v) is 3.16. The van der Waals surface area contributed by atoms with Crippen LogP contribution < -0.4 is 10.9 Å². The second-order valence-corrected chi connectivity index (χ2v) is 8.40. The van der Waals surface area contributed by atoms with E-state index in [1.807, 2.05) is 13.0 Å². The van der Waals surface area contributed by atoms with E-state index < -0.39 is 0 Å². The first-order chi connectivity index (χ1) is 12.7. The molecular weight excluding hydrogens is 360 g/mol. The number of rotatable bonds is 3. The zero-order valence-corrected chi connectivity index (χ0v) is 16.7. The number of carbonyl (C=O) groups is 1. The summed E-state index contributed by atoms with van der Waals surface area (Å²) in [5.41, 5.74) is 1.92. The van der Waals surface area contributed by atoms with Crippen LogP contribution in [0, 0.1) is 12.3 Å². The molecule has 0 aliphatic heterocycles. The summed E-state index contributed by atoms with van der Waals surface area (Å²) in [6.45, 7) is 8.76. The van der Waals surface area contributed by atoms with Crippen LogP contribution in [0.3, 0.4) is 0 Å². The molecule has 0 bridgehead atoms. The largest absolute Gasteiger partial charge is 0.321 e. The second kappa shape index (κ2) is 7.20. The Bertz CT molecular complexity index is 1080. The van der Waals surface area contributed by atoms with E-state index in [0.717, 1.165) is 10.9 Å². The zero-order chi connectivity index (χ0) is 19.8. The average molecular weight is 383 g/mol. The smallest absolute Gasteiger partial charge is 0.258 e. The van der Waals surface area contributed by atoms with E-state index in [2.05, 4.69) is 26.1 Å². The van der Waals surface area contributed by atoms with Gasteiger partial charge in [0.1, 0.15) is 0 Å². The molecule has 0 atom stereocenters. The van der Waals surface area contributed by atoms with Gasteiger partial charge in [-0.15, -0.1) is 0 Å². The van der Waals surface area contributed by atoms with E-state index in [-0.39, 0.29) is 16.9 Å². The first kappa shape index (κ1) is 19.2. The number of hydrogen-bond donors (Lipinski definition) is 1. The highest BCUT2D eigenvalue weighted by atomic mass is 35.5. The maximum atomic E-state index is 12.8. The van der Waals surface area contributed by atoms with Gasteiger partial charge in [0.2, 0.25) is 0 Å². The summed E-state index contributed by atoms with van der Waals surface area (Å²) in [6.07, 6.45) is 1.79. The Morgan fingerprint density at radius 1 is 1.11 bits per heavy atom. The summed E-state index contributed by atoms with van der Waals surface area (Å²) in [6, 6.07) is 12.4. The number of halogens is 1. The molecule has 0 saturated carbocycles. The number of fused-ring (bicyclic) bond motifs is 1. The molecule has 0 fully saturated rings. The molecule has 2 aromatic carbocycles. The first-order valence-corrected chi connectivity index (χ1v) is 9.23. The van der Waals surface area contributed by atoms with E-state index >= 15 is 0 Å². The number of amides is 1. The van der Waals surface area contributed by atoms with Crippen LogP contribution in [0.25, 0.3) is 10.8 Å². The summed E-state index contributed by atoms with van der Waals surface area (Å²) in [7, 11) is 0. The lowest BCUT2D eigenvalue weighted by Gasteiger charge is -2.20. The van der Waals surface area contributed by atoms with Gasteiger partial charge in [-0.05, 0) is 54.3 Å². The molecular formula is C22H23ClN2O2. The van der Waals surface area contributed by atoms with Gasteiger partial charge in [-0.2, -0.15) is 0 Å². The Labute approximate surface area is 163 Å². The van der Waals surface area contributed by atoms with Crippen LogP contribution in [-0.2, 0) is 6.54 Å². The molecule has 1 heterocycles. The van der Waals surface area contributed by atoms with Crippen molar-refractivity contribution in [2.45, 2.75) is 34.2 Å². The van der Waals surface area contributed by atoms with Crippen LogP contribution in [0.2, 0.25) is 5.02 Å². The van der Waals surface area contributed by atoms with Gasteiger partial charge in [0, 0.05) is 39.8 Å². The van der Waals surface area contributed by atoms with Gasteiger partial charge in [0.25, 0.3) is 11.5 Å². The predicted molar refractivity (Wildman–Crippen MR) is 112 cm³/mol. The zero-order valence-electron chi connectivity index (χ0n) is 16.0. The number of aryl methyl sites for hydroxylation is 1. The lowest BCUT2D eigenvalue weighted by atomic mass is 9.96. The van der Waals surface area contributed by atoms with Crippen LogP contribution in [0.1, 0.15) is 36.7 Å². The van der Waals surface area contributed by atoms with Gasteiger partial charge in [0.05, 0.1) is 0 Å². The molecule has 1 N–H and O–H groups in total. The molecule has 0 unspecified atom stereocenters. The van der Waals surface area contributed by atoms with Crippen molar-refractivity contribution in [3.8, 4) is 0 Å². The molecule has 3 rings (SSSR count). The van der Waals surface area contributed by atoms with Crippen molar-refractivity contribution in [3.63, 3.8) is 0 Å².